The molecule has 0 saturated heterocycles. The third-order valence-electron chi connectivity index (χ3n) is 3.70. The van der Waals surface area contributed by atoms with E-state index in [9.17, 15) is 9.59 Å². The number of amides is 1. The van der Waals surface area contributed by atoms with Gasteiger partial charge in [0.2, 0.25) is 5.91 Å². The zero-order valence-corrected chi connectivity index (χ0v) is 19.1. The fraction of sp³-hybridized carbons (Fsp3) is 0.211. The van der Waals surface area contributed by atoms with Crippen molar-refractivity contribution in [2.24, 2.45) is 0 Å². The van der Waals surface area contributed by atoms with Gasteiger partial charge in [-0.3, -0.25) is 20.4 Å². The Balaban J connectivity index is 1.71. The van der Waals surface area contributed by atoms with Crippen LogP contribution >= 0.6 is 48.0 Å². The minimum atomic E-state index is -0.531. The number of nitrogens with one attached hydrogen (secondary N) is 4. The Bertz CT molecular complexity index is 913. The molecule has 11 heteroatoms. The molecule has 0 fully saturated rings. The summed E-state index contributed by atoms with van der Waals surface area (Å²) in [5.41, 5.74) is 6.17. The van der Waals surface area contributed by atoms with E-state index in [-0.39, 0.29) is 23.7 Å². The molecule has 0 aliphatic rings. The van der Waals surface area contributed by atoms with E-state index in [4.69, 9.17) is 40.2 Å². The van der Waals surface area contributed by atoms with Gasteiger partial charge in [0.25, 0.3) is 0 Å². The second kappa shape index (κ2) is 11.8. The Labute approximate surface area is 195 Å². The van der Waals surface area contributed by atoms with Gasteiger partial charge in [0, 0.05) is 17.1 Å². The van der Waals surface area contributed by atoms with Crippen LogP contribution in [0.15, 0.2) is 42.5 Å². The summed E-state index contributed by atoms with van der Waals surface area (Å²) in [6.45, 7) is 0. The van der Waals surface area contributed by atoms with E-state index in [1.165, 1.54) is 0 Å². The van der Waals surface area contributed by atoms with Crippen molar-refractivity contribution in [1.29, 1.82) is 0 Å². The average Bonchev–Trinajstić information content (AvgIpc) is 2.69. The van der Waals surface area contributed by atoms with Crippen molar-refractivity contribution in [3.05, 3.63) is 52.5 Å². The van der Waals surface area contributed by atoms with Crippen LogP contribution in [0.3, 0.4) is 0 Å². The molecule has 0 aliphatic heterocycles. The molecule has 0 radical (unpaired) electrons. The standard InChI is InChI=1S/C19H20Cl2N4O3S2/c1-28-14-5-3-12(4-6-14)22-18(29)10-13(26)9-17(27)24-25-19(30)23-16-7-2-11(20)8-15(16)21/h2-8,18,22,29H,9-10H2,1H3,(H,24,27)(H2,23,25,30). The molecule has 2 aromatic carbocycles. The summed E-state index contributed by atoms with van der Waals surface area (Å²) in [5, 5.41) is 6.41. The minimum Gasteiger partial charge on any atom is -0.497 e. The zero-order chi connectivity index (χ0) is 22.1. The second-order valence-electron chi connectivity index (χ2n) is 6.06. The van der Waals surface area contributed by atoms with Crippen LogP contribution in [-0.2, 0) is 9.59 Å². The van der Waals surface area contributed by atoms with Gasteiger partial charge in [-0.05, 0) is 54.7 Å². The number of hydrazine groups is 1. The van der Waals surface area contributed by atoms with Crippen LogP contribution in [0.25, 0.3) is 0 Å². The van der Waals surface area contributed by atoms with E-state index in [1.807, 2.05) is 12.1 Å². The summed E-state index contributed by atoms with van der Waals surface area (Å²) >= 11 is 21.3. The number of benzene rings is 2. The third kappa shape index (κ3) is 8.27. The second-order valence-corrected chi connectivity index (χ2v) is 7.93. The fourth-order valence-corrected chi connectivity index (χ4v) is 3.28. The Kier molecular flexibility index (Phi) is 9.51. The van der Waals surface area contributed by atoms with Crippen LogP contribution in [0.2, 0.25) is 10.0 Å². The summed E-state index contributed by atoms with van der Waals surface area (Å²) in [6, 6.07) is 12.0. The summed E-state index contributed by atoms with van der Waals surface area (Å²) in [7, 11) is 1.58. The van der Waals surface area contributed by atoms with E-state index in [0.717, 1.165) is 11.4 Å². The van der Waals surface area contributed by atoms with Crippen LogP contribution in [0.1, 0.15) is 12.8 Å². The van der Waals surface area contributed by atoms with Gasteiger partial charge >= 0.3 is 0 Å². The van der Waals surface area contributed by atoms with E-state index in [1.54, 1.807) is 37.4 Å². The number of Topliss-reactive ketones (excluding diaryl/α,β-unsaturated/α-hetero) is 1. The first-order valence-corrected chi connectivity index (χ1v) is 10.4. The molecule has 160 valence electrons. The Morgan fingerprint density at radius 1 is 1.13 bits per heavy atom. The molecule has 0 heterocycles. The van der Waals surface area contributed by atoms with Crippen molar-refractivity contribution >= 4 is 76.2 Å². The summed E-state index contributed by atoms with van der Waals surface area (Å²) in [6.07, 6.45) is -0.260. The zero-order valence-electron chi connectivity index (χ0n) is 15.9. The van der Waals surface area contributed by atoms with Gasteiger partial charge in [0.1, 0.15) is 11.5 Å². The number of carbonyl (C=O) groups excluding carboxylic acids is 2. The van der Waals surface area contributed by atoms with Crippen LogP contribution in [0, 0.1) is 0 Å². The lowest BCUT2D eigenvalue weighted by Crippen LogP contribution is -2.44. The molecule has 0 bridgehead atoms. The van der Waals surface area contributed by atoms with Crippen LogP contribution in [-0.4, -0.2) is 29.3 Å². The first-order chi connectivity index (χ1) is 14.3. The number of rotatable bonds is 8. The molecular weight excluding hydrogens is 467 g/mol. The lowest BCUT2D eigenvalue weighted by Gasteiger charge is -2.15. The Hall–Kier alpha value is -2.20. The maximum Gasteiger partial charge on any atom is 0.245 e. The molecule has 1 unspecified atom stereocenters. The van der Waals surface area contributed by atoms with E-state index in [0.29, 0.717) is 15.7 Å². The van der Waals surface area contributed by atoms with Crippen molar-refractivity contribution < 1.29 is 14.3 Å². The predicted octanol–water partition coefficient (Wildman–Crippen LogP) is 4.04. The number of hydrogen-bond acceptors (Lipinski definition) is 6. The molecule has 30 heavy (non-hydrogen) atoms. The third-order valence-corrected chi connectivity index (χ3v) is 4.76. The lowest BCUT2D eigenvalue weighted by atomic mass is 10.2. The summed E-state index contributed by atoms with van der Waals surface area (Å²) in [4.78, 5) is 24.0. The van der Waals surface area contributed by atoms with Crippen molar-refractivity contribution in [2.45, 2.75) is 18.2 Å². The fourth-order valence-electron chi connectivity index (χ4n) is 2.31. The maximum absolute atomic E-state index is 12.1. The Morgan fingerprint density at radius 2 is 1.83 bits per heavy atom. The smallest absolute Gasteiger partial charge is 0.245 e. The maximum atomic E-state index is 12.1. The molecule has 7 nitrogen and oxygen atoms in total. The molecular formula is C19H20Cl2N4O3S2. The molecule has 4 N–H and O–H groups in total. The van der Waals surface area contributed by atoms with Gasteiger partial charge < -0.3 is 15.4 Å². The number of carbonyl (C=O) groups is 2. The highest BCUT2D eigenvalue weighted by Gasteiger charge is 2.14. The van der Waals surface area contributed by atoms with Gasteiger partial charge in [-0.2, -0.15) is 12.6 Å². The number of ketones is 1. The average molecular weight is 487 g/mol. The largest absolute Gasteiger partial charge is 0.497 e. The molecule has 1 amide bonds. The van der Waals surface area contributed by atoms with Gasteiger partial charge in [-0.25, -0.2) is 0 Å². The van der Waals surface area contributed by atoms with Crippen molar-refractivity contribution in [3.8, 4) is 5.75 Å². The topological polar surface area (TPSA) is 91.5 Å². The number of hydrogen-bond donors (Lipinski definition) is 5. The van der Waals surface area contributed by atoms with Crippen molar-refractivity contribution in [2.75, 3.05) is 17.7 Å². The number of ether oxygens (including phenoxy) is 1. The lowest BCUT2D eigenvalue weighted by molar-refractivity contribution is -0.128. The first kappa shape index (κ1) is 24.1. The molecule has 0 spiro atoms. The molecule has 0 saturated carbocycles. The highest BCUT2D eigenvalue weighted by molar-refractivity contribution is 7.81. The van der Waals surface area contributed by atoms with Crippen molar-refractivity contribution in [3.63, 3.8) is 0 Å². The number of halogens is 2. The van der Waals surface area contributed by atoms with Gasteiger partial charge in [-0.1, -0.05) is 23.2 Å². The van der Waals surface area contributed by atoms with Gasteiger partial charge in [0.05, 0.1) is 29.6 Å². The first-order valence-electron chi connectivity index (χ1n) is 8.68. The molecule has 1 atom stereocenters. The van der Waals surface area contributed by atoms with Gasteiger partial charge in [0.15, 0.2) is 5.11 Å². The monoisotopic (exact) mass is 486 g/mol. The normalized spacial score (nSPS) is 11.2. The van der Waals surface area contributed by atoms with Crippen LogP contribution < -0.4 is 26.2 Å². The Morgan fingerprint density at radius 3 is 2.47 bits per heavy atom. The number of thiol groups is 1. The highest BCUT2D eigenvalue weighted by atomic mass is 35.5. The van der Waals surface area contributed by atoms with E-state index in [2.05, 4.69) is 34.1 Å². The molecule has 0 aromatic heterocycles. The summed E-state index contributed by atoms with van der Waals surface area (Å²) in [5.74, 6) is -0.0893. The van der Waals surface area contributed by atoms with Crippen LogP contribution in [0.4, 0.5) is 11.4 Å². The number of methoxy groups -OCH3 is 1. The number of thiocarbonyl (C=S) groups is 1. The predicted molar refractivity (Wildman–Crippen MR) is 128 cm³/mol. The summed E-state index contributed by atoms with van der Waals surface area (Å²) < 4.78 is 5.09. The highest BCUT2D eigenvalue weighted by Crippen LogP contribution is 2.25. The minimum absolute atomic E-state index is 0.0612. The van der Waals surface area contributed by atoms with Crippen LogP contribution in [0.5, 0.6) is 5.75 Å². The van der Waals surface area contributed by atoms with Crippen molar-refractivity contribution in [1.82, 2.24) is 10.9 Å². The quantitative estimate of drug-likeness (QED) is 0.126. The number of anilines is 2. The van der Waals surface area contributed by atoms with Gasteiger partial charge in [-0.15, -0.1) is 0 Å². The molecule has 2 aromatic rings. The van der Waals surface area contributed by atoms with E-state index >= 15 is 0 Å². The van der Waals surface area contributed by atoms with E-state index < -0.39 is 11.3 Å². The molecule has 2 rings (SSSR count). The SMILES string of the molecule is COc1ccc(NC(S)CC(=O)CC(=O)NNC(=S)Nc2ccc(Cl)cc2Cl)cc1. The molecule has 0 aliphatic carbocycles.